The second-order valence-corrected chi connectivity index (χ2v) is 6.03. The normalized spacial score (nSPS) is 36.5. The third-order valence-corrected chi connectivity index (χ3v) is 4.13. The summed E-state index contributed by atoms with van der Waals surface area (Å²) in [4.78, 5) is 2.56. The Morgan fingerprint density at radius 3 is 2.60 bits per heavy atom. The highest BCUT2D eigenvalue weighted by Gasteiger charge is 2.47. The van der Waals surface area contributed by atoms with Crippen LogP contribution in [0.4, 0.5) is 0 Å². The number of nitrogens with one attached hydrogen (secondary N) is 1. The molecule has 2 heteroatoms. The van der Waals surface area contributed by atoms with Crippen molar-refractivity contribution in [1.82, 2.24) is 10.2 Å². The maximum atomic E-state index is 3.87. The minimum absolute atomic E-state index is 0.266. The Kier molecular flexibility index (Phi) is 2.68. The predicted molar refractivity (Wildman–Crippen MR) is 65.0 cm³/mol. The van der Waals surface area contributed by atoms with E-state index in [2.05, 4.69) is 37.6 Å². The van der Waals surface area contributed by atoms with Crippen molar-refractivity contribution in [1.29, 1.82) is 0 Å². The summed E-state index contributed by atoms with van der Waals surface area (Å²) in [6, 6.07) is 0. The molecule has 1 saturated heterocycles. The van der Waals surface area contributed by atoms with Crippen LogP contribution in [-0.4, -0.2) is 35.6 Å². The summed E-state index contributed by atoms with van der Waals surface area (Å²) in [6.45, 7) is 14.1. The molecule has 2 nitrogen and oxygen atoms in total. The van der Waals surface area contributed by atoms with E-state index in [0.717, 1.165) is 25.6 Å². The van der Waals surface area contributed by atoms with E-state index in [1.807, 2.05) is 6.08 Å². The first-order valence-electron chi connectivity index (χ1n) is 6.09. The Morgan fingerprint density at radius 2 is 2.07 bits per heavy atom. The van der Waals surface area contributed by atoms with E-state index in [1.165, 1.54) is 12.8 Å². The SMILES string of the molecule is C=CCN1CC(C)(C2CC2)NCC1(C)C. The Bertz CT molecular complexity index is 255. The van der Waals surface area contributed by atoms with Gasteiger partial charge >= 0.3 is 0 Å². The third kappa shape index (κ3) is 2.11. The van der Waals surface area contributed by atoms with Gasteiger partial charge in [-0.2, -0.15) is 0 Å². The van der Waals surface area contributed by atoms with Crippen molar-refractivity contribution >= 4 is 0 Å². The van der Waals surface area contributed by atoms with Crippen LogP contribution in [0.25, 0.3) is 0 Å². The molecule has 0 amide bonds. The van der Waals surface area contributed by atoms with Crippen LogP contribution in [0.2, 0.25) is 0 Å². The minimum atomic E-state index is 0.266. The maximum absolute atomic E-state index is 3.87. The second-order valence-electron chi connectivity index (χ2n) is 6.03. The van der Waals surface area contributed by atoms with Crippen molar-refractivity contribution in [2.75, 3.05) is 19.6 Å². The van der Waals surface area contributed by atoms with Gasteiger partial charge in [0.05, 0.1) is 0 Å². The molecule has 1 aliphatic carbocycles. The molecule has 0 aromatic carbocycles. The first-order chi connectivity index (χ1) is 6.98. The van der Waals surface area contributed by atoms with Gasteiger partial charge in [0, 0.05) is 30.7 Å². The van der Waals surface area contributed by atoms with Crippen molar-refractivity contribution < 1.29 is 0 Å². The molecule has 2 fully saturated rings. The maximum Gasteiger partial charge on any atom is 0.0309 e. The monoisotopic (exact) mass is 208 g/mol. The van der Waals surface area contributed by atoms with Gasteiger partial charge in [-0.1, -0.05) is 6.08 Å². The van der Waals surface area contributed by atoms with Gasteiger partial charge < -0.3 is 5.32 Å². The van der Waals surface area contributed by atoms with Crippen LogP contribution in [0.1, 0.15) is 33.6 Å². The fourth-order valence-electron chi connectivity index (χ4n) is 2.66. The molecule has 86 valence electrons. The lowest BCUT2D eigenvalue weighted by molar-refractivity contribution is 0.0341. The summed E-state index contributed by atoms with van der Waals surface area (Å²) in [5.41, 5.74) is 0.612. The molecule has 1 N–H and O–H groups in total. The lowest BCUT2D eigenvalue weighted by Crippen LogP contribution is -2.67. The van der Waals surface area contributed by atoms with Crippen LogP contribution in [0.3, 0.4) is 0 Å². The topological polar surface area (TPSA) is 15.3 Å². The van der Waals surface area contributed by atoms with Gasteiger partial charge in [-0.05, 0) is 39.5 Å². The Balaban J connectivity index is 2.08. The van der Waals surface area contributed by atoms with Crippen LogP contribution in [0.15, 0.2) is 12.7 Å². The second kappa shape index (κ2) is 3.60. The van der Waals surface area contributed by atoms with Crippen LogP contribution < -0.4 is 5.32 Å². The number of hydrogen-bond donors (Lipinski definition) is 1. The van der Waals surface area contributed by atoms with E-state index < -0.39 is 0 Å². The van der Waals surface area contributed by atoms with Crippen molar-refractivity contribution in [3.05, 3.63) is 12.7 Å². The van der Waals surface area contributed by atoms with Gasteiger partial charge in [0.2, 0.25) is 0 Å². The molecule has 2 rings (SSSR count). The van der Waals surface area contributed by atoms with Gasteiger partial charge in [-0.25, -0.2) is 0 Å². The Labute approximate surface area is 93.7 Å². The quantitative estimate of drug-likeness (QED) is 0.714. The van der Waals surface area contributed by atoms with E-state index in [0.29, 0.717) is 5.54 Å². The van der Waals surface area contributed by atoms with Crippen LogP contribution >= 0.6 is 0 Å². The predicted octanol–water partition coefficient (Wildman–Crippen LogP) is 2.02. The van der Waals surface area contributed by atoms with Crippen molar-refractivity contribution in [2.24, 2.45) is 5.92 Å². The van der Waals surface area contributed by atoms with E-state index >= 15 is 0 Å². The fourth-order valence-corrected chi connectivity index (χ4v) is 2.66. The third-order valence-electron chi connectivity index (χ3n) is 4.13. The van der Waals surface area contributed by atoms with E-state index in [-0.39, 0.29) is 5.54 Å². The average Bonchev–Trinajstić information content (AvgIpc) is 2.96. The summed E-state index contributed by atoms with van der Waals surface area (Å²) >= 11 is 0. The molecule has 15 heavy (non-hydrogen) atoms. The molecular weight excluding hydrogens is 184 g/mol. The van der Waals surface area contributed by atoms with Crippen molar-refractivity contribution in [3.63, 3.8) is 0 Å². The standard InChI is InChI=1S/C13H24N2/c1-5-8-15-10-13(4,11-6-7-11)14-9-12(15,2)3/h5,11,14H,1,6-10H2,2-4H3. The van der Waals surface area contributed by atoms with E-state index in [4.69, 9.17) is 0 Å². The number of rotatable bonds is 3. The molecule has 1 atom stereocenters. The highest BCUT2D eigenvalue weighted by Crippen LogP contribution is 2.42. The zero-order valence-corrected chi connectivity index (χ0v) is 10.3. The van der Waals surface area contributed by atoms with Gasteiger partial charge in [0.1, 0.15) is 0 Å². The fraction of sp³-hybridized carbons (Fsp3) is 0.846. The Hall–Kier alpha value is -0.340. The van der Waals surface area contributed by atoms with Crippen LogP contribution in [0, 0.1) is 5.92 Å². The lowest BCUT2D eigenvalue weighted by atomic mass is 9.86. The average molecular weight is 208 g/mol. The van der Waals surface area contributed by atoms with Gasteiger partial charge in [0.15, 0.2) is 0 Å². The molecule has 1 aliphatic heterocycles. The Morgan fingerprint density at radius 1 is 1.40 bits per heavy atom. The summed E-state index contributed by atoms with van der Waals surface area (Å²) < 4.78 is 0. The van der Waals surface area contributed by atoms with Crippen molar-refractivity contribution in [2.45, 2.75) is 44.7 Å². The zero-order valence-electron chi connectivity index (χ0n) is 10.3. The number of nitrogens with zero attached hydrogens (tertiary/aromatic N) is 1. The first kappa shape index (κ1) is 11.2. The van der Waals surface area contributed by atoms with Gasteiger partial charge in [0.25, 0.3) is 0 Å². The van der Waals surface area contributed by atoms with Crippen LogP contribution in [0.5, 0.6) is 0 Å². The molecule has 0 spiro atoms. The van der Waals surface area contributed by atoms with Gasteiger partial charge in [-0.15, -0.1) is 6.58 Å². The molecule has 1 saturated carbocycles. The molecule has 0 bridgehead atoms. The summed E-state index contributed by atoms with van der Waals surface area (Å²) in [5.74, 6) is 0.904. The molecular formula is C13H24N2. The molecule has 2 aliphatic rings. The van der Waals surface area contributed by atoms with Crippen molar-refractivity contribution in [3.8, 4) is 0 Å². The summed E-state index contributed by atoms with van der Waals surface area (Å²) in [5, 5.41) is 3.76. The molecule has 0 aromatic heterocycles. The lowest BCUT2D eigenvalue weighted by Gasteiger charge is -2.51. The zero-order chi connectivity index (χ0) is 11.1. The number of hydrogen-bond acceptors (Lipinski definition) is 2. The highest BCUT2D eigenvalue weighted by atomic mass is 15.3. The van der Waals surface area contributed by atoms with Gasteiger partial charge in [-0.3, -0.25) is 4.90 Å². The largest absolute Gasteiger partial charge is 0.308 e. The highest BCUT2D eigenvalue weighted by molar-refractivity contribution is 5.07. The molecule has 0 aromatic rings. The molecule has 0 radical (unpaired) electrons. The smallest absolute Gasteiger partial charge is 0.0309 e. The first-order valence-corrected chi connectivity index (χ1v) is 6.09. The summed E-state index contributed by atoms with van der Waals surface area (Å²) in [6.07, 6.45) is 4.85. The minimum Gasteiger partial charge on any atom is -0.308 e. The molecule has 1 heterocycles. The number of piperazine rings is 1. The van der Waals surface area contributed by atoms with Crippen LogP contribution in [-0.2, 0) is 0 Å². The summed E-state index contributed by atoms with van der Waals surface area (Å²) in [7, 11) is 0. The molecule has 1 unspecified atom stereocenters. The van der Waals surface area contributed by atoms with E-state index in [9.17, 15) is 0 Å². The van der Waals surface area contributed by atoms with E-state index in [1.54, 1.807) is 0 Å².